The molecule has 0 aliphatic carbocycles. The van der Waals surface area contributed by atoms with E-state index in [9.17, 15) is 19.5 Å². The molecule has 41 heavy (non-hydrogen) atoms. The van der Waals surface area contributed by atoms with Gasteiger partial charge in [-0.1, -0.05) is 54.6 Å². The standard InChI is InChI=1S/C31H37N5O5/c1-33(19-25-11-15-28(41-3)16-12-25)20-29-35(26(22-37)17-23-9-13-27(38)14-10-23)30(39)21-34(2)36(29)31(40)32-18-24-7-5-4-6-8-24/h4-16,22,26,29,38H,17-21H2,1-3H3,(H,32,40)/t26-,29?/m0/s1. The number of nitrogens with one attached hydrogen (secondary N) is 1. The molecule has 1 heterocycles. The SMILES string of the molecule is COc1ccc(CN(C)CC2N([C@H](C=O)Cc3ccc(O)cc3)C(=O)CN(C)N2C(=O)NCc2ccccc2)cc1. The minimum atomic E-state index is -0.815. The van der Waals surface area contributed by atoms with E-state index < -0.39 is 12.2 Å². The van der Waals surface area contributed by atoms with Gasteiger partial charge in [0.05, 0.1) is 19.7 Å². The van der Waals surface area contributed by atoms with Crippen molar-refractivity contribution in [2.75, 3.05) is 34.3 Å². The molecule has 10 heteroatoms. The van der Waals surface area contributed by atoms with E-state index in [1.54, 1.807) is 43.4 Å². The van der Waals surface area contributed by atoms with Crippen molar-refractivity contribution in [1.29, 1.82) is 0 Å². The van der Waals surface area contributed by atoms with Gasteiger partial charge in [-0.2, -0.15) is 0 Å². The van der Waals surface area contributed by atoms with Gasteiger partial charge in [0.15, 0.2) is 0 Å². The number of methoxy groups -OCH3 is 1. The summed E-state index contributed by atoms with van der Waals surface area (Å²) in [7, 11) is 5.23. The number of benzene rings is 3. The topological polar surface area (TPSA) is 106 Å². The molecule has 3 amide bonds. The number of ether oxygens (including phenoxy) is 1. The number of urea groups is 1. The summed E-state index contributed by atoms with van der Waals surface area (Å²) in [5.74, 6) is 0.621. The molecule has 0 saturated carbocycles. The zero-order valence-electron chi connectivity index (χ0n) is 23.6. The summed E-state index contributed by atoms with van der Waals surface area (Å²) in [6, 6.07) is 22.6. The fraction of sp³-hybridized carbons (Fsp3) is 0.323. The van der Waals surface area contributed by atoms with Crippen molar-refractivity contribution in [3.8, 4) is 11.5 Å². The first kappa shape index (κ1) is 29.6. The summed E-state index contributed by atoms with van der Waals surface area (Å²) < 4.78 is 5.26. The Morgan fingerprint density at radius 3 is 2.34 bits per heavy atom. The Labute approximate surface area is 240 Å². The third-order valence-electron chi connectivity index (χ3n) is 7.10. The van der Waals surface area contributed by atoms with Crippen molar-refractivity contribution in [2.45, 2.75) is 31.7 Å². The van der Waals surface area contributed by atoms with E-state index in [4.69, 9.17) is 4.74 Å². The summed E-state index contributed by atoms with van der Waals surface area (Å²) in [6.07, 6.45) is 0.247. The lowest BCUT2D eigenvalue weighted by Gasteiger charge is -2.50. The number of hydrogen-bond donors (Lipinski definition) is 2. The van der Waals surface area contributed by atoms with Gasteiger partial charge in [0, 0.05) is 26.7 Å². The molecule has 0 spiro atoms. The molecule has 2 N–H and O–H groups in total. The lowest BCUT2D eigenvalue weighted by Crippen LogP contribution is -2.71. The maximum Gasteiger partial charge on any atom is 0.334 e. The monoisotopic (exact) mass is 559 g/mol. The third-order valence-corrected chi connectivity index (χ3v) is 7.10. The summed E-state index contributed by atoms with van der Waals surface area (Å²) in [4.78, 5) is 43.2. The molecular formula is C31H37N5O5. The van der Waals surface area contributed by atoms with E-state index >= 15 is 0 Å². The molecular weight excluding hydrogens is 522 g/mol. The van der Waals surface area contributed by atoms with Gasteiger partial charge in [0.2, 0.25) is 5.91 Å². The highest BCUT2D eigenvalue weighted by Gasteiger charge is 2.43. The zero-order valence-corrected chi connectivity index (χ0v) is 23.6. The van der Waals surface area contributed by atoms with Gasteiger partial charge in [-0.15, -0.1) is 0 Å². The minimum Gasteiger partial charge on any atom is -0.508 e. The number of hydrogen-bond acceptors (Lipinski definition) is 7. The van der Waals surface area contributed by atoms with Gasteiger partial charge in [-0.25, -0.2) is 14.8 Å². The van der Waals surface area contributed by atoms with Gasteiger partial charge in [0.25, 0.3) is 0 Å². The van der Waals surface area contributed by atoms with E-state index in [2.05, 4.69) is 5.32 Å². The molecule has 3 aromatic carbocycles. The van der Waals surface area contributed by atoms with Gasteiger partial charge in [0.1, 0.15) is 24.0 Å². The van der Waals surface area contributed by atoms with Crippen LogP contribution in [-0.2, 0) is 29.1 Å². The number of phenols is 1. The normalized spacial score (nSPS) is 16.5. The van der Waals surface area contributed by atoms with E-state index in [1.165, 1.54) is 9.91 Å². The van der Waals surface area contributed by atoms with Crippen LogP contribution in [-0.4, -0.2) is 89.7 Å². The fourth-order valence-electron chi connectivity index (χ4n) is 5.05. The highest BCUT2D eigenvalue weighted by Crippen LogP contribution is 2.23. The summed E-state index contributed by atoms with van der Waals surface area (Å²) in [5, 5.41) is 15.8. The molecule has 216 valence electrons. The van der Waals surface area contributed by atoms with Crippen LogP contribution in [0.3, 0.4) is 0 Å². The van der Waals surface area contributed by atoms with Crippen LogP contribution in [0.15, 0.2) is 78.9 Å². The number of hydrazine groups is 1. The zero-order chi connectivity index (χ0) is 29.4. The lowest BCUT2D eigenvalue weighted by atomic mass is 10.0. The smallest absolute Gasteiger partial charge is 0.334 e. The van der Waals surface area contributed by atoms with Crippen molar-refractivity contribution >= 4 is 18.2 Å². The van der Waals surface area contributed by atoms with E-state index in [0.29, 0.717) is 19.6 Å². The van der Waals surface area contributed by atoms with Crippen molar-refractivity contribution in [3.05, 3.63) is 95.6 Å². The first-order chi connectivity index (χ1) is 19.8. The molecule has 2 atom stereocenters. The van der Waals surface area contributed by atoms with Crippen LogP contribution in [0.1, 0.15) is 16.7 Å². The second kappa shape index (κ2) is 13.8. The van der Waals surface area contributed by atoms with Crippen molar-refractivity contribution in [1.82, 2.24) is 25.1 Å². The predicted octanol–water partition coefficient (Wildman–Crippen LogP) is 2.87. The maximum atomic E-state index is 13.6. The van der Waals surface area contributed by atoms with Crippen molar-refractivity contribution in [2.24, 2.45) is 0 Å². The first-order valence-electron chi connectivity index (χ1n) is 13.5. The predicted molar refractivity (Wildman–Crippen MR) is 155 cm³/mol. The number of aromatic hydroxyl groups is 1. The molecule has 0 bridgehead atoms. The molecule has 1 aliphatic rings. The van der Waals surface area contributed by atoms with Crippen LogP contribution in [0.5, 0.6) is 11.5 Å². The van der Waals surface area contributed by atoms with Gasteiger partial charge in [-0.05, 0) is 54.4 Å². The Bertz CT molecular complexity index is 1300. The number of phenolic OH excluding ortho intramolecular Hbond substituents is 1. The molecule has 1 saturated heterocycles. The Balaban J connectivity index is 1.61. The number of carbonyl (C=O) groups excluding carboxylic acids is 3. The molecule has 10 nitrogen and oxygen atoms in total. The third kappa shape index (κ3) is 7.62. The van der Waals surface area contributed by atoms with E-state index in [0.717, 1.165) is 28.7 Å². The average molecular weight is 560 g/mol. The summed E-state index contributed by atoms with van der Waals surface area (Å²) in [5.41, 5.74) is 2.77. The summed E-state index contributed by atoms with van der Waals surface area (Å²) >= 11 is 0. The highest BCUT2D eigenvalue weighted by molar-refractivity contribution is 5.85. The molecule has 3 aromatic rings. The second-order valence-corrected chi connectivity index (χ2v) is 10.2. The van der Waals surface area contributed by atoms with E-state index in [-0.39, 0.29) is 30.7 Å². The molecule has 1 fully saturated rings. The van der Waals surface area contributed by atoms with Crippen LogP contribution in [0, 0.1) is 0 Å². The van der Waals surface area contributed by atoms with Crippen LogP contribution in [0.2, 0.25) is 0 Å². The number of nitrogens with zero attached hydrogens (tertiary/aromatic N) is 4. The quantitative estimate of drug-likeness (QED) is 0.348. The Morgan fingerprint density at radius 2 is 1.71 bits per heavy atom. The lowest BCUT2D eigenvalue weighted by molar-refractivity contribution is -0.171. The van der Waals surface area contributed by atoms with Crippen LogP contribution < -0.4 is 10.1 Å². The van der Waals surface area contributed by atoms with E-state index in [1.807, 2.05) is 66.5 Å². The molecule has 4 rings (SSSR count). The molecule has 0 aromatic heterocycles. The van der Waals surface area contributed by atoms with Gasteiger partial charge < -0.3 is 24.9 Å². The first-order valence-corrected chi connectivity index (χ1v) is 13.5. The molecule has 1 aliphatic heterocycles. The van der Waals surface area contributed by atoms with Crippen LogP contribution in [0.25, 0.3) is 0 Å². The Morgan fingerprint density at radius 1 is 1.05 bits per heavy atom. The summed E-state index contributed by atoms with van der Waals surface area (Å²) in [6.45, 7) is 1.10. The fourth-order valence-corrected chi connectivity index (χ4v) is 5.05. The second-order valence-electron chi connectivity index (χ2n) is 10.2. The Hall–Kier alpha value is -4.41. The van der Waals surface area contributed by atoms with Crippen LogP contribution >= 0.6 is 0 Å². The number of amides is 3. The number of carbonyl (C=O) groups is 3. The van der Waals surface area contributed by atoms with Crippen LogP contribution in [0.4, 0.5) is 4.79 Å². The number of rotatable bonds is 11. The van der Waals surface area contributed by atoms with Gasteiger partial charge in [-0.3, -0.25) is 9.69 Å². The Kier molecular flexibility index (Phi) is 9.94. The van der Waals surface area contributed by atoms with Crippen molar-refractivity contribution in [3.63, 3.8) is 0 Å². The number of aldehydes is 1. The largest absolute Gasteiger partial charge is 0.508 e. The number of likely N-dealkylation sites (N-methyl/N-ethyl adjacent to an activating group) is 2. The molecule has 1 unspecified atom stereocenters. The molecule has 0 radical (unpaired) electrons. The minimum absolute atomic E-state index is 0.0582. The van der Waals surface area contributed by atoms with Crippen molar-refractivity contribution < 1.29 is 24.2 Å². The average Bonchev–Trinajstić information content (AvgIpc) is 2.97. The maximum absolute atomic E-state index is 13.6. The highest BCUT2D eigenvalue weighted by atomic mass is 16.5. The van der Waals surface area contributed by atoms with Gasteiger partial charge >= 0.3 is 6.03 Å².